The molecule has 0 saturated heterocycles. The fourth-order valence-corrected chi connectivity index (χ4v) is 3.71. The van der Waals surface area contributed by atoms with Crippen molar-refractivity contribution in [1.29, 1.82) is 0 Å². The van der Waals surface area contributed by atoms with Crippen molar-refractivity contribution < 1.29 is 4.42 Å². The lowest BCUT2D eigenvalue weighted by molar-refractivity contribution is 0.308. The van der Waals surface area contributed by atoms with Crippen LogP contribution in [0.25, 0.3) is 11.0 Å². The summed E-state index contributed by atoms with van der Waals surface area (Å²) in [7, 11) is 2.05. The van der Waals surface area contributed by atoms with Crippen LogP contribution in [-0.2, 0) is 0 Å². The van der Waals surface area contributed by atoms with E-state index >= 15 is 0 Å². The zero-order chi connectivity index (χ0) is 14.7. The van der Waals surface area contributed by atoms with Gasteiger partial charge in [0.25, 0.3) is 0 Å². The van der Waals surface area contributed by atoms with E-state index in [1.165, 1.54) is 55.9 Å². The van der Waals surface area contributed by atoms with E-state index in [2.05, 4.69) is 36.5 Å². The van der Waals surface area contributed by atoms with Crippen LogP contribution < -0.4 is 5.32 Å². The van der Waals surface area contributed by atoms with E-state index in [0.717, 1.165) is 17.3 Å². The van der Waals surface area contributed by atoms with Gasteiger partial charge < -0.3 is 9.73 Å². The lowest BCUT2D eigenvalue weighted by Crippen LogP contribution is -2.17. The third-order valence-corrected chi connectivity index (χ3v) is 5.04. The summed E-state index contributed by atoms with van der Waals surface area (Å²) in [4.78, 5) is 0. The van der Waals surface area contributed by atoms with Gasteiger partial charge in [-0.15, -0.1) is 0 Å². The fraction of sp³-hybridized carbons (Fsp3) is 0.579. The van der Waals surface area contributed by atoms with Gasteiger partial charge in [-0.05, 0) is 44.4 Å². The monoisotopic (exact) mass is 285 g/mol. The van der Waals surface area contributed by atoms with Gasteiger partial charge >= 0.3 is 0 Å². The van der Waals surface area contributed by atoms with Crippen molar-refractivity contribution >= 4 is 11.0 Å². The van der Waals surface area contributed by atoms with Crippen LogP contribution in [0.3, 0.4) is 0 Å². The normalized spacial score (nSPS) is 18.2. The second-order valence-corrected chi connectivity index (χ2v) is 6.56. The van der Waals surface area contributed by atoms with Crippen LogP contribution >= 0.6 is 0 Å². The predicted molar refractivity (Wildman–Crippen MR) is 88.6 cm³/mol. The fourth-order valence-electron chi connectivity index (χ4n) is 3.71. The molecule has 1 unspecified atom stereocenters. The highest BCUT2D eigenvalue weighted by Crippen LogP contribution is 2.32. The first-order valence-corrected chi connectivity index (χ1v) is 8.44. The third kappa shape index (κ3) is 3.32. The molecule has 1 aliphatic carbocycles. The van der Waals surface area contributed by atoms with E-state index in [1.54, 1.807) is 0 Å². The maximum Gasteiger partial charge on any atom is 0.137 e. The van der Waals surface area contributed by atoms with Crippen LogP contribution in [0, 0.1) is 12.8 Å². The van der Waals surface area contributed by atoms with E-state index in [-0.39, 0.29) is 0 Å². The van der Waals surface area contributed by atoms with Gasteiger partial charge in [0, 0.05) is 5.39 Å². The lowest BCUT2D eigenvalue weighted by atomic mass is 9.85. The Bertz CT molecular complexity index is 580. The molecule has 1 heterocycles. The molecule has 2 nitrogen and oxygen atoms in total. The summed E-state index contributed by atoms with van der Waals surface area (Å²) in [6.07, 6.45) is 9.65. The average molecular weight is 285 g/mol. The molecule has 0 aliphatic heterocycles. The number of furan rings is 1. The summed E-state index contributed by atoms with van der Waals surface area (Å²) < 4.78 is 6.13. The number of para-hydroxylation sites is 1. The molecule has 3 rings (SSSR count). The first-order valence-electron chi connectivity index (χ1n) is 8.44. The minimum atomic E-state index is 0.346. The lowest BCUT2D eigenvalue weighted by Gasteiger charge is -2.23. The Morgan fingerprint density at radius 3 is 2.76 bits per heavy atom. The van der Waals surface area contributed by atoms with Crippen molar-refractivity contribution in [2.45, 2.75) is 57.9 Å². The van der Waals surface area contributed by atoms with Crippen LogP contribution in [0.1, 0.15) is 62.3 Å². The number of nitrogens with one attached hydrogen (secondary N) is 1. The van der Waals surface area contributed by atoms with Gasteiger partial charge in [-0.2, -0.15) is 0 Å². The average Bonchev–Trinajstić information content (AvgIpc) is 2.94. The molecule has 1 atom stereocenters. The quantitative estimate of drug-likeness (QED) is 0.799. The largest absolute Gasteiger partial charge is 0.459 e. The van der Waals surface area contributed by atoms with Crippen molar-refractivity contribution in [3.05, 3.63) is 35.6 Å². The van der Waals surface area contributed by atoms with E-state index < -0.39 is 0 Å². The number of fused-ring (bicyclic) bond motifs is 1. The molecule has 1 aromatic carbocycles. The summed E-state index contributed by atoms with van der Waals surface area (Å²) in [5.74, 6) is 2.03. The van der Waals surface area contributed by atoms with Crippen molar-refractivity contribution in [2.24, 2.45) is 5.92 Å². The van der Waals surface area contributed by atoms with E-state index in [9.17, 15) is 0 Å². The number of aryl methyl sites for hydroxylation is 1. The summed E-state index contributed by atoms with van der Waals surface area (Å²) in [5.41, 5.74) is 2.27. The van der Waals surface area contributed by atoms with Gasteiger partial charge in [-0.1, -0.05) is 50.3 Å². The van der Waals surface area contributed by atoms with E-state index in [1.807, 2.05) is 7.05 Å². The zero-order valence-corrected chi connectivity index (χ0v) is 13.3. The molecular weight excluding hydrogens is 258 g/mol. The van der Waals surface area contributed by atoms with E-state index in [0.29, 0.717) is 6.04 Å². The molecule has 1 aliphatic rings. The van der Waals surface area contributed by atoms with Crippen molar-refractivity contribution in [3.8, 4) is 0 Å². The molecule has 0 amide bonds. The standard InChI is InChI=1S/C19H27NO/c1-14-7-6-10-16-13-18(21-19(14)16)17(20-2)12-11-15-8-4-3-5-9-15/h6-7,10,13,15,17,20H,3-5,8-9,11-12H2,1-2H3. The van der Waals surface area contributed by atoms with Crippen LogP contribution in [0.2, 0.25) is 0 Å². The molecule has 1 saturated carbocycles. The molecule has 21 heavy (non-hydrogen) atoms. The highest BCUT2D eigenvalue weighted by molar-refractivity contribution is 5.80. The molecule has 114 valence electrons. The Morgan fingerprint density at radius 1 is 1.24 bits per heavy atom. The number of hydrogen-bond donors (Lipinski definition) is 1. The SMILES string of the molecule is CNC(CCC1CCCCC1)c1cc2cccc(C)c2o1. The second-order valence-electron chi connectivity index (χ2n) is 6.56. The first-order chi connectivity index (χ1) is 10.3. The summed E-state index contributed by atoms with van der Waals surface area (Å²) in [5, 5.41) is 4.67. The molecule has 2 aromatic rings. The zero-order valence-electron chi connectivity index (χ0n) is 13.3. The molecule has 0 radical (unpaired) electrons. The Labute approximate surface area is 127 Å². The molecule has 1 N–H and O–H groups in total. The Morgan fingerprint density at radius 2 is 2.05 bits per heavy atom. The summed E-state index contributed by atoms with van der Waals surface area (Å²) >= 11 is 0. The summed E-state index contributed by atoms with van der Waals surface area (Å²) in [6.45, 7) is 2.12. The molecule has 1 aromatic heterocycles. The molecule has 2 heteroatoms. The number of benzene rings is 1. The van der Waals surface area contributed by atoms with Crippen molar-refractivity contribution in [3.63, 3.8) is 0 Å². The predicted octanol–water partition coefficient (Wildman–Crippen LogP) is 5.36. The minimum Gasteiger partial charge on any atom is -0.459 e. The maximum absolute atomic E-state index is 6.13. The van der Waals surface area contributed by atoms with Crippen LogP contribution in [0.4, 0.5) is 0 Å². The maximum atomic E-state index is 6.13. The summed E-state index contributed by atoms with van der Waals surface area (Å²) in [6, 6.07) is 8.92. The van der Waals surface area contributed by atoms with E-state index in [4.69, 9.17) is 4.42 Å². The Hall–Kier alpha value is -1.28. The van der Waals surface area contributed by atoms with Crippen molar-refractivity contribution in [1.82, 2.24) is 5.32 Å². The highest BCUT2D eigenvalue weighted by atomic mass is 16.3. The van der Waals surface area contributed by atoms with Crippen LogP contribution in [0.5, 0.6) is 0 Å². The van der Waals surface area contributed by atoms with Gasteiger partial charge in [0.2, 0.25) is 0 Å². The smallest absolute Gasteiger partial charge is 0.137 e. The number of rotatable bonds is 5. The van der Waals surface area contributed by atoms with Gasteiger partial charge in [-0.25, -0.2) is 0 Å². The molecule has 0 bridgehead atoms. The van der Waals surface area contributed by atoms with Gasteiger partial charge in [-0.3, -0.25) is 0 Å². The van der Waals surface area contributed by atoms with Gasteiger partial charge in [0.05, 0.1) is 6.04 Å². The Balaban J connectivity index is 1.70. The Kier molecular flexibility index (Phi) is 4.64. The number of hydrogen-bond acceptors (Lipinski definition) is 2. The minimum absolute atomic E-state index is 0.346. The van der Waals surface area contributed by atoms with Crippen LogP contribution in [-0.4, -0.2) is 7.05 Å². The topological polar surface area (TPSA) is 25.2 Å². The molecule has 0 spiro atoms. The molecular formula is C19H27NO. The van der Waals surface area contributed by atoms with Crippen LogP contribution in [0.15, 0.2) is 28.7 Å². The van der Waals surface area contributed by atoms with Crippen molar-refractivity contribution in [2.75, 3.05) is 7.05 Å². The first kappa shape index (κ1) is 14.6. The highest BCUT2D eigenvalue weighted by Gasteiger charge is 2.19. The van der Waals surface area contributed by atoms with Gasteiger partial charge in [0.15, 0.2) is 0 Å². The third-order valence-electron chi connectivity index (χ3n) is 5.04. The molecule has 1 fully saturated rings. The van der Waals surface area contributed by atoms with Gasteiger partial charge in [0.1, 0.15) is 11.3 Å². The second kappa shape index (κ2) is 6.65.